The van der Waals surface area contributed by atoms with E-state index < -0.39 is 0 Å². The third-order valence-corrected chi connectivity index (χ3v) is 5.54. The smallest absolute Gasteiger partial charge is 0.234 e. The average molecular weight is 409 g/mol. The second kappa shape index (κ2) is 9.63. The van der Waals surface area contributed by atoms with Crippen molar-refractivity contribution in [3.05, 3.63) is 54.1 Å². The second-order valence-electron chi connectivity index (χ2n) is 7.69. The highest BCUT2D eigenvalue weighted by atomic mass is 16.7. The highest BCUT2D eigenvalue weighted by Crippen LogP contribution is 2.34. The van der Waals surface area contributed by atoms with E-state index in [1.807, 2.05) is 24.3 Å². The minimum absolute atomic E-state index is 0.0147. The van der Waals surface area contributed by atoms with Crippen LogP contribution in [-0.2, 0) is 16.0 Å². The monoisotopic (exact) mass is 409 g/mol. The lowest BCUT2D eigenvalue weighted by molar-refractivity contribution is -0.123. The van der Waals surface area contributed by atoms with E-state index in [1.165, 1.54) is 5.56 Å². The van der Waals surface area contributed by atoms with E-state index in [9.17, 15) is 9.59 Å². The molecule has 0 bridgehead atoms. The van der Waals surface area contributed by atoms with E-state index in [4.69, 9.17) is 9.47 Å². The molecule has 0 unspecified atom stereocenters. The van der Waals surface area contributed by atoms with Crippen molar-refractivity contribution in [3.8, 4) is 11.5 Å². The number of nitrogens with one attached hydrogen (secondary N) is 2. The lowest BCUT2D eigenvalue weighted by Crippen LogP contribution is -2.43. The molecule has 158 valence electrons. The zero-order valence-corrected chi connectivity index (χ0v) is 16.9. The van der Waals surface area contributed by atoms with E-state index >= 15 is 0 Å². The maximum atomic E-state index is 12.6. The van der Waals surface area contributed by atoms with Gasteiger partial charge in [-0.05, 0) is 50.0 Å². The number of nitrogens with zero attached hydrogens (tertiary/aromatic N) is 1. The molecule has 2 aromatic carbocycles. The van der Waals surface area contributed by atoms with Crippen molar-refractivity contribution < 1.29 is 19.1 Å². The van der Waals surface area contributed by atoms with Crippen LogP contribution in [0.3, 0.4) is 0 Å². The molecule has 2 heterocycles. The fourth-order valence-electron chi connectivity index (χ4n) is 3.82. The number of carbonyl (C=O) groups is 2. The van der Waals surface area contributed by atoms with Crippen LogP contribution < -0.4 is 20.1 Å². The van der Waals surface area contributed by atoms with Gasteiger partial charge in [0, 0.05) is 24.2 Å². The van der Waals surface area contributed by atoms with Crippen LogP contribution in [0.15, 0.2) is 48.5 Å². The molecule has 0 saturated carbocycles. The van der Waals surface area contributed by atoms with Crippen LogP contribution in [-0.4, -0.2) is 49.7 Å². The zero-order valence-electron chi connectivity index (χ0n) is 16.9. The van der Waals surface area contributed by atoms with Gasteiger partial charge in [-0.3, -0.25) is 14.5 Å². The topological polar surface area (TPSA) is 79.9 Å². The minimum Gasteiger partial charge on any atom is -0.454 e. The summed E-state index contributed by atoms with van der Waals surface area (Å²) in [5.74, 6) is 1.35. The number of rotatable bonds is 7. The summed E-state index contributed by atoms with van der Waals surface area (Å²) in [6.45, 7) is 2.71. The summed E-state index contributed by atoms with van der Waals surface area (Å²) in [6, 6.07) is 15.5. The first-order valence-electron chi connectivity index (χ1n) is 10.4. The van der Waals surface area contributed by atoms with Gasteiger partial charge in [-0.15, -0.1) is 0 Å². The van der Waals surface area contributed by atoms with E-state index in [-0.39, 0.29) is 24.5 Å². The largest absolute Gasteiger partial charge is 0.454 e. The van der Waals surface area contributed by atoms with Crippen molar-refractivity contribution in [1.82, 2.24) is 10.2 Å². The molecule has 2 aliphatic heterocycles. The van der Waals surface area contributed by atoms with Crippen molar-refractivity contribution in [2.75, 3.05) is 38.3 Å². The summed E-state index contributed by atoms with van der Waals surface area (Å²) < 4.78 is 10.6. The molecule has 7 heteroatoms. The lowest BCUT2D eigenvalue weighted by atomic mass is 9.95. The van der Waals surface area contributed by atoms with Gasteiger partial charge >= 0.3 is 0 Å². The Balaban J connectivity index is 1.16. The van der Waals surface area contributed by atoms with Gasteiger partial charge in [-0.1, -0.05) is 30.3 Å². The van der Waals surface area contributed by atoms with Crippen LogP contribution in [0.1, 0.15) is 18.4 Å². The number of benzene rings is 2. The molecule has 0 atom stereocenters. The first-order chi connectivity index (χ1) is 14.7. The summed E-state index contributed by atoms with van der Waals surface area (Å²) >= 11 is 0. The van der Waals surface area contributed by atoms with Crippen molar-refractivity contribution in [3.63, 3.8) is 0 Å². The second-order valence-corrected chi connectivity index (χ2v) is 7.69. The van der Waals surface area contributed by atoms with Crippen LogP contribution in [0, 0.1) is 5.92 Å². The molecule has 30 heavy (non-hydrogen) atoms. The van der Waals surface area contributed by atoms with Gasteiger partial charge in [0.1, 0.15) is 0 Å². The van der Waals surface area contributed by atoms with Crippen molar-refractivity contribution in [2.45, 2.75) is 19.3 Å². The molecular formula is C23H27N3O4. The van der Waals surface area contributed by atoms with E-state index in [0.29, 0.717) is 30.3 Å². The van der Waals surface area contributed by atoms with Crippen molar-refractivity contribution >= 4 is 17.5 Å². The molecule has 2 aromatic rings. The summed E-state index contributed by atoms with van der Waals surface area (Å²) in [5.41, 5.74) is 1.93. The molecular weight excluding hydrogens is 382 g/mol. The molecule has 4 rings (SSSR count). The number of anilines is 1. The Kier molecular flexibility index (Phi) is 6.49. The molecule has 1 fully saturated rings. The molecule has 2 aliphatic rings. The average Bonchev–Trinajstić information content (AvgIpc) is 3.23. The first-order valence-corrected chi connectivity index (χ1v) is 10.4. The standard InChI is InChI=1S/C23H27N3O4/c27-22(24-11-8-17-4-2-1-3-5-17)15-26-12-9-18(10-13-26)23(28)25-19-6-7-20-21(14-19)30-16-29-20/h1-7,14,18H,8-13,15-16H2,(H,24,27)(H,25,28). The van der Waals surface area contributed by atoms with Crippen LogP contribution in [0.2, 0.25) is 0 Å². The number of likely N-dealkylation sites (tertiary alicyclic amines) is 1. The predicted octanol–water partition coefficient (Wildman–Crippen LogP) is 2.42. The van der Waals surface area contributed by atoms with Gasteiger partial charge in [0.15, 0.2) is 11.5 Å². The molecule has 2 amide bonds. The van der Waals surface area contributed by atoms with Gasteiger partial charge in [-0.25, -0.2) is 0 Å². The fraction of sp³-hybridized carbons (Fsp3) is 0.391. The SMILES string of the molecule is O=C(CN1CCC(C(=O)Nc2ccc3c(c2)OCO3)CC1)NCCc1ccccc1. The van der Waals surface area contributed by atoms with E-state index in [0.717, 1.165) is 32.4 Å². The normalized spacial score (nSPS) is 16.3. The van der Waals surface area contributed by atoms with E-state index in [2.05, 4.69) is 27.7 Å². The molecule has 0 aliphatic carbocycles. The molecule has 2 N–H and O–H groups in total. The summed E-state index contributed by atoms with van der Waals surface area (Å²) in [4.78, 5) is 26.9. The van der Waals surface area contributed by atoms with Crippen molar-refractivity contribution in [2.24, 2.45) is 5.92 Å². The number of piperidine rings is 1. The number of hydrogen-bond acceptors (Lipinski definition) is 5. The third-order valence-electron chi connectivity index (χ3n) is 5.54. The van der Waals surface area contributed by atoms with Gasteiger partial charge in [0.25, 0.3) is 0 Å². The quantitative estimate of drug-likeness (QED) is 0.734. The Morgan fingerprint density at radius 3 is 2.57 bits per heavy atom. The van der Waals surface area contributed by atoms with Crippen LogP contribution in [0.5, 0.6) is 11.5 Å². The zero-order chi connectivity index (χ0) is 20.8. The van der Waals surface area contributed by atoms with Crippen LogP contribution in [0.4, 0.5) is 5.69 Å². The van der Waals surface area contributed by atoms with Gasteiger partial charge in [0.2, 0.25) is 18.6 Å². The minimum atomic E-state index is -0.0483. The van der Waals surface area contributed by atoms with Gasteiger partial charge in [0.05, 0.1) is 6.54 Å². The molecule has 7 nitrogen and oxygen atoms in total. The number of carbonyl (C=O) groups excluding carboxylic acids is 2. The number of hydrogen-bond donors (Lipinski definition) is 2. The molecule has 0 spiro atoms. The Hall–Kier alpha value is -3.06. The Bertz CT molecular complexity index is 879. The maximum absolute atomic E-state index is 12.6. The third kappa shape index (κ3) is 5.30. The number of amides is 2. The molecule has 0 radical (unpaired) electrons. The summed E-state index contributed by atoms with van der Waals surface area (Å²) in [7, 11) is 0. The van der Waals surface area contributed by atoms with Crippen molar-refractivity contribution in [1.29, 1.82) is 0 Å². The highest BCUT2D eigenvalue weighted by Gasteiger charge is 2.26. The maximum Gasteiger partial charge on any atom is 0.234 e. The summed E-state index contributed by atoms with van der Waals surface area (Å²) in [5, 5.41) is 5.95. The Labute approximate surface area is 176 Å². The molecule has 1 saturated heterocycles. The highest BCUT2D eigenvalue weighted by molar-refractivity contribution is 5.93. The van der Waals surface area contributed by atoms with Crippen LogP contribution >= 0.6 is 0 Å². The molecule has 0 aromatic heterocycles. The van der Waals surface area contributed by atoms with Gasteiger partial charge in [-0.2, -0.15) is 0 Å². The first kappa shape index (κ1) is 20.2. The number of ether oxygens (including phenoxy) is 2. The Morgan fingerprint density at radius 2 is 1.77 bits per heavy atom. The summed E-state index contributed by atoms with van der Waals surface area (Å²) in [6.07, 6.45) is 2.32. The Morgan fingerprint density at radius 1 is 1.00 bits per heavy atom. The van der Waals surface area contributed by atoms with Crippen LogP contribution in [0.25, 0.3) is 0 Å². The lowest BCUT2D eigenvalue weighted by Gasteiger charge is -2.30. The predicted molar refractivity (Wildman–Crippen MR) is 114 cm³/mol. The number of fused-ring (bicyclic) bond motifs is 1. The van der Waals surface area contributed by atoms with Gasteiger partial charge < -0.3 is 20.1 Å². The fourth-order valence-corrected chi connectivity index (χ4v) is 3.82. The van der Waals surface area contributed by atoms with E-state index in [1.54, 1.807) is 12.1 Å².